The molecule has 1 aliphatic rings. The molecular weight excluding hydrogens is 286 g/mol. The second-order valence-corrected chi connectivity index (χ2v) is 6.02. The largest absolute Gasteiger partial charge is 0.337 e. The zero-order valence-electron chi connectivity index (χ0n) is 12.6. The van der Waals surface area contributed by atoms with Gasteiger partial charge in [-0.1, -0.05) is 29.8 Å². The van der Waals surface area contributed by atoms with E-state index in [4.69, 9.17) is 17.3 Å². The average Bonchev–Trinajstić information content (AvgIpc) is 2.48. The van der Waals surface area contributed by atoms with Gasteiger partial charge in [0.2, 0.25) is 5.91 Å². The van der Waals surface area contributed by atoms with Gasteiger partial charge >= 0.3 is 0 Å². The number of nitrogens with two attached hydrogens (primary N) is 1. The number of carbonyl (C=O) groups excluding carboxylic acids is 1. The van der Waals surface area contributed by atoms with Crippen molar-refractivity contribution in [3.63, 3.8) is 0 Å². The summed E-state index contributed by atoms with van der Waals surface area (Å²) in [6.07, 6.45) is 1.95. The smallest absolute Gasteiger partial charge is 0.237 e. The summed E-state index contributed by atoms with van der Waals surface area (Å²) < 4.78 is 0. The number of likely N-dealkylation sites (N-methyl/N-ethyl adjacent to an activating group) is 1. The Morgan fingerprint density at radius 3 is 2.67 bits per heavy atom. The van der Waals surface area contributed by atoms with Crippen LogP contribution in [0.3, 0.4) is 0 Å². The molecule has 0 aliphatic carbocycles. The molecule has 2 N–H and O–H groups in total. The Bertz CT molecular complexity index is 472. The van der Waals surface area contributed by atoms with E-state index in [0.717, 1.165) is 31.5 Å². The van der Waals surface area contributed by atoms with Crippen LogP contribution in [0.2, 0.25) is 5.02 Å². The van der Waals surface area contributed by atoms with E-state index in [2.05, 4.69) is 4.90 Å². The van der Waals surface area contributed by atoms with E-state index < -0.39 is 0 Å². The van der Waals surface area contributed by atoms with Crippen molar-refractivity contribution in [2.75, 3.05) is 26.2 Å². The van der Waals surface area contributed by atoms with E-state index in [9.17, 15) is 4.79 Å². The van der Waals surface area contributed by atoms with Crippen LogP contribution >= 0.6 is 11.6 Å². The van der Waals surface area contributed by atoms with E-state index in [-0.39, 0.29) is 5.91 Å². The van der Waals surface area contributed by atoms with Gasteiger partial charge in [0, 0.05) is 37.2 Å². The Hall–Kier alpha value is -1.10. The Kier molecular flexibility index (Phi) is 6.03. The first-order chi connectivity index (χ1) is 10.1. The maximum Gasteiger partial charge on any atom is 0.237 e. The average molecular weight is 310 g/mol. The molecule has 0 radical (unpaired) electrons. The molecular formula is C16H24ClN3O. The summed E-state index contributed by atoms with van der Waals surface area (Å²) in [6.45, 7) is 5.57. The van der Waals surface area contributed by atoms with E-state index in [1.165, 1.54) is 0 Å². The molecule has 4 nitrogen and oxygen atoms in total. The summed E-state index contributed by atoms with van der Waals surface area (Å²) >= 11 is 6.18. The molecule has 0 atom stereocenters. The van der Waals surface area contributed by atoms with Gasteiger partial charge in [-0.2, -0.15) is 0 Å². The van der Waals surface area contributed by atoms with Gasteiger partial charge in [0.05, 0.1) is 6.54 Å². The van der Waals surface area contributed by atoms with Crippen molar-refractivity contribution in [2.24, 2.45) is 5.73 Å². The number of hydrogen-bond acceptors (Lipinski definition) is 3. The number of nitrogens with zero attached hydrogens (tertiary/aromatic N) is 2. The lowest BCUT2D eigenvalue weighted by Crippen LogP contribution is -2.45. The van der Waals surface area contributed by atoms with Crippen LogP contribution in [0.15, 0.2) is 24.3 Å². The third-order valence-corrected chi connectivity index (χ3v) is 4.41. The fourth-order valence-corrected chi connectivity index (χ4v) is 2.81. The first-order valence-corrected chi connectivity index (χ1v) is 7.97. The highest BCUT2D eigenvalue weighted by Gasteiger charge is 2.21. The summed E-state index contributed by atoms with van der Waals surface area (Å²) in [5.41, 5.74) is 6.89. The zero-order chi connectivity index (χ0) is 15.2. The van der Waals surface area contributed by atoms with Gasteiger partial charge in [0.25, 0.3) is 0 Å². The van der Waals surface area contributed by atoms with Crippen molar-refractivity contribution >= 4 is 17.5 Å². The zero-order valence-corrected chi connectivity index (χ0v) is 13.4. The Balaban J connectivity index is 1.91. The highest BCUT2D eigenvalue weighted by molar-refractivity contribution is 6.31. The minimum absolute atomic E-state index is 0.160. The van der Waals surface area contributed by atoms with Crippen LogP contribution in [-0.2, 0) is 11.3 Å². The maximum absolute atomic E-state index is 12.4. The van der Waals surface area contributed by atoms with Crippen LogP contribution in [0.4, 0.5) is 0 Å². The van der Waals surface area contributed by atoms with Gasteiger partial charge in [0.15, 0.2) is 0 Å². The van der Waals surface area contributed by atoms with Crippen LogP contribution in [0, 0.1) is 0 Å². The van der Waals surface area contributed by atoms with Crippen molar-refractivity contribution in [3.05, 3.63) is 34.9 Å². The molecule has 0 saturated carbocycles. The lowest BCUT2D eigenvalue weighted by molar-refractivity contribution is -0.133. The molecule has 5 heteroatoms. The molecule has 1 aliphatic heterocycles. The third-order valence-electron chi connectivity index (χ3n) is 4.04. The molecule has 0 spiro atoms. The number of piperidine rings is 1. The molecule has 116 valence electrons. The van der Waals surface area contributed by atoms with Crippen LogP contribution < -0.4 is 5.73 Å². The van der Waals surface area contributed by atoms with Crippen LogP contribution in [-0.4, -0.2) is 47.9 Å². The van der Waals surface area contributed by atoms with Crippen molar-refractivity contribution in [2.45, 2.75) is 32.4 Å². The summed E-state index contributed by atoms with van der Waals surface area (Å²) in [5.74, 6) is 0.160. The number of rotatable bonds is 5. The predicted octanol–water partition coefficient (Wildman–Crippen LogP) is 2.11. The van der Waals surface area contributed by atoms with Crippen molar-refractivity contribution in [1.82, 2.24) is 9.80 Å². The number of hydrogen-bond donors (Lipinski definition) is 1. The molecule has 1 heterocycles. The van der Waals surface area contributed by atoms with Gasteiger partial charge in [0.1, 0.15) is 0 Å². The van der Waals surface area contributed by atoms with Gasteiger partial charge in [-0.05, 0) is 31.4 Å². The minimum atomic E-state index is 0.160. The molecule has 2 rings (SSSR count). The highest BCUT2D eigenvalue weighted by Crippen LogP contribution is 2.17. The monoisotopic (exact) mass is 309 g/mol. The molecule has 0 aromatic heterocycles. The standard InChI is InChI=1S/C16H24ClN3O/c1-2-20(11-13-5-3-4-6-15(13)17)16(21)12-19-9-7-14(18)8-10-19/h3-6,14H,2,7-12,18H2,1H3. The summed E-state index contributed by atoms with van der Waals surface area (Å²) in [5, 5.41) is 0.715. The quantitative estimate of drug-likeness (QED) is 0.906. The van der Waals surface area contributed by atoms with Crippen molar-refractivity contribution < 1.29 is 4.79 Å². The summed E-state index contributed by atoms with van der Waals surface area (Å²) in [7, 11) is 0. The molecule has 0 bridgehead atoms. The van der Waals surface area contributed by atoms with E-state index in [1.807, 2.05) is 36.1 Å². The number of halogens is 1. The predicted molar refractivity (Wildman–Crippen MR) is 86.2 cm³/mol. The van der Waals surface area contributed by atoms with Crippen molar-refractivity contribution in [3.8, 4) is 0 Å². The first kappa shape index (κ1) is 16.3. The molecule has 21 heavy (non-hydrogen) atoms. The van der Waals surface area contributed by atoms with Gasteiger partial charge < -0.3 is 10.6 Å². The Morgan fingerprint density at radius 2 is 2.05 bits per heavy atom. The topological polar surface area (TPSA) is 49.6 Å². The van der Waals surface area contributed by atoms with E-state index >= 15 is 0 Å². The van der Waals surface area contributed by atoms with E-state index in [0.29, 0.717) is 30.7 Å². The lowest BCUT2D eigenvalue weighted by Gasteiger charge is -2.31. The summed E-state index contributed by atoms with van der Waals surface area (Å²) in [4.78, 5) is 16.5. The first-order valence-electron chi connectivity index (χ1n) is 7.59. The van der Waals surface area contributed by atoms with Crippen LogP contribution in [0.25, 0.3) is 0 Å². The SMILES string of the molecule is CCN(Cc1ccccc1Cl)C(=O)CN1CCC(N)CC1. The molecule has 0 unspecified atom stereocenters. The Labute approximate surface area is 131 Å². The minimum Gasteiger partial charge on any atom is -0.337 e. The van der Waals surface area contributed by atoms with Gasteiger partial charge in [-0.25, -0.2) is 0 Å². The molecule has 1 aromatic carbocycles. The fraction of sp³-hybridized carbons (Fsp3) is 0.562. The highest BCUT2D eigenvalue weighted by atomic mass is 35.5. The van der Waals surface area contributed by atoms with Crippen LogP contribution in [0.1, 0.15) is 25.3 Å². The fourth-order valence-electron chi connectivity index (χ4n) is 2.61. The van der Waals surface area contributed by atoms with Crippen molar-refractivity contribution in [1.29, 1.82) is 0 Å². The second-order valence-electron chi connectivity index (χ2n) is 5.61. The number of amides is 1. The maximum atomic E-state index is 12.4. The normalized spacial score (nSPS) is 16.9. The molecule has 1 saturated heterocycles. The lowest BCUT2D eigenvalue weighted by atomic mass is 10.1. The second kappa shape index (κ2) is 7.78. The molecule has 1 amide bonds. The Morgan fingerprint density at radius 1 is 1.38 bits per heavy atom. The van der Waals surface area contributed by atoms with E-state index in [1.54, 1.807) is 0 Å². The van der Waals surface area contributed by atoms with Gasteiger partial charge in [-0.15, -0.1) is 0 Å². The number of likely N-dealkylation sites (tertiary alicyclic amines) is 1. The molecule has 1 fully saturated rings. The molecule has 1 aromatic rings. The number of carbonyl (C=O) groups is 1. The van der Waals surface area contributed by atoms with Crippen LogP contribution in [0.5, 0.6) is 0 Å². The van der Waals surface area contributed by atoms with Gasteiger partial charge in [-0.3, -0.25) is 9.69 Å². The summed E-state index contributed by atoms with van der Waals surface area (Å²) in [6, 6.07) is 7.98. The number of benzene rings is 1. The third kappa shape index (κ3) is 4.70.